The highest BCUT2D eigenvalue weighted by molar-refractivity contribution is 6.29. The van der Waals surface area contributed by atoms with E-state index in [-0.39, 0.29) is 11.9 Å². The predicted octanol–water partition coefficient (Wildman–Crippen LogP) is 4.00. The summed E-state index contributed by atoms with van der Waals surface area (Å²) in [5.74, 6) is 0.469. The molecule has 2 aromatic rings. The lowest BCUT2D eigenvalue weighted by Gasteiger charge is -2.18. The lowest BCUT2D eigenvalue weighted by Crippen LogP contribution is -2.38. The first-order valence-corrected chi connectivity index (χ1v) is 8.28. The number of hydrogen-bond donors (Lipinski definition) is 2. The molecule has 2 rings (SSSR count). The fraction of sp³-hybridized carbons (Fsp3) is 0.333. The Hall–Kier alpha value is -2.14. The predicted molar refractivity (Wildman–Crippen MR) is 96.8 cm³/mol. The van der Waals surface area contributed by atoms with E-state index in [1.54, 1.807) is 31.3 Å². The van der Waals surface area contributed by atoms with Crippen LogP contribution in [0.1, 0.15) is 36.6 Å². The van der Waals surface area contributed by atoms with Crippen molar-refractivity contribution in [3.8, 4) is 0 Å². The molecule has 0 spiro atoms. The molecule has 128 valence electrons. The molecule has 0 fully saturated rings. The standard InChI is InChI=1S/C18H22ClFN4/c1-4-21-18(23-11-14-6-8-17(19)22-10-14)24-13(3)15-7-5-12(2)16(20)9-15/h5-10,13H,4,11H2,1-3H3,(H2,21,23,24). The van der Waals surface area contributed by atoms with Gasteiger partial charge in [0.2, 0.25) is 0 Å². The maximum absolute atomic E-state index is 13.7. The molecular formula is C18H22ClFN4. The summed E-state index contributed by atoms with van der Waals surface area (Å²) < 4.78 is 13.7. The van der Waals surface area contributed by atoms with Gasteiger partial charge in [0.1, 0.15) is 11.0 Å². The van der Waals surface area contributed by atoms with Gasteiger partial charge in [0.05, 0.1) is 12.6 Å². The van der Waals surface area contributed by atoms with E-state index in [0.717, 1.165) is 17.7 Å². The Labute approximate surface area is 147 Å². The van der Waals surface area contributed by atoms with Crippen LogP contribution in [-0.2, 0) is 6.54 Å². The van der Waals surface area contributed by atoms with Crippen LogP contribution in [0.25, 0.3) is 0 Å². The topological polar surface area (TPSA) is 49.3 Å². The van der Waals surface area contributed by atoms with Gasteiger partial charge in [0.25, 0.3) is 0 Å². The van der Waals surface area contributed by atoms with Crippen LogP contribution in [0.3, 0.4) is 0 Å². The Bertz CT molecular complexity index is 701. The van der Waals surface area contributed by atoms with Gasteiger partial charge < -0.3 is 10.6 Å². The number of guanidine groups is 1. The zero-order valence-electron chi connectivity index (χ0n) is 14.1. The average molecular weight is 349 g/mol. The van der Waals surface area contributed by atoms with Crippen molar-refractivity contribution < 1.29 is 4.39 Å². The molecular weight excluding hydrogens is 327 g/mol. The molecule has 0 radical (unpaired) electrons. The lowest BCUT2D eigenvalue weighted by atomic mass is 10.1. The minimum absolute atomic E-state index is 0.0683. The SMILES string of the molecule is CCNC(=NCc1ccc(Cl)nc1)NC(C)c1ccc(C)c(F)c1. The number of aliphatic imine (C=N–C) groups is 1. The number of rotatable bonds is 5. The fourth-order valence-corrected chi connectivity index (χ4v) is 2.27. The zero-order chi connectivity index (χ0) is 17.5. The summed E-state index contributed by atoms with van der Waals surface area (Å²) in [4.78, 5) is 8.58. The molecule has 24 heavy (non-hydrogen) atoms. The molecule has 1 aromatic carbocycles. The van der Waals surface area contributed by atoms with Gasteiger partial charge in [-0.2, -0.15) is 0 Å². The van der Waals surface area contributed by atoms with Crippen LogP contribution in [-0.4, -0.2) is 17.5 Å². The van der Waals surface area contributed by atoms with Gasteiger partial charge in [-0.05, 0) is 49.6 Å². The molecule has 0 aliphatic heterocycles. The van der Waals surface area contributed by atoms with Gasteiger partial charge >= 0.3 is 0 Å². The van der Waals surface area contributed by atoms with Gasteiger partial charge in [0, 0.05) is 12.7 Å². The van der Waals surface area contributed by atoms with E-state index in [4.69, 9.17) is 11.6 Å². The molecule has 1 heterocycles. The van der Waals surface area contributed by atoms with Crippen LogP contribution in [0.5, 0.6) is 0 Å². The summed E-state index contributed by atoms with van der Waals surface area (Å²) in [7, 11) is 0. The summed E-state index contributed by atoms with van der Waals surface area (Å²) in [5.41, 5.74) is 2.48. The lowest BCUT2D eigenvalue weighted by molar-refractivity contribution is 0.607. The second kappa shape index (κ2) is 8.64. The highest BCUT2D eigenvalue weighted by atomic mass is 35.5. The molecule has 1 atom stereocenters. The molecule has 0 aliphatic carbocycles. The number of aromatic nitrogens is 1. The van der Waals surface area contributed by atoms with E-state index in [1.807, 2.05) is 26.0 Å². The van der Waals surface area contributed by atoms with Crippen molar-refractivity contribution in [2.45, 2.75) is 33.4 Å². The van der Waals surface area contributed by atoms with Gasteiger partial charge in [-0.1, -0.05) is 29.8 Å². The van der Waals surface area contributed by atoms with Crippen LogP contribution in [0.2, 0.25) is 5.15 Å². The van der Waals surface area contributed by atoms with Crippen molar-refractivity contribution in [1.82, 2.24) is 15.6 Å². The van der Waals surface area contributed by atoms with Crippen molar-refractivity contribution in [3.63, 3.8) is 0 Å². The Morgan fingerprint density at radius 1 is 1.33 bits per heavy atom. The second-order valence-corrected chi connectivity index (χ2v) is 5.95. The molecule has 6 heteroatoms. The number of benzene rings is 1. The number of hydrogen-bond acceptors (Lipinski definition) is 2. The highest BCUT2D eigenvalue weighted by Gasteiger charge is 2.09. The number of aryl methyl sites for hydroxylation is 1. The fourth-order valence-electron chi connectivity index (χ4n) is 2.16. The van der Waals surface area contributed by atoms with Crippen molar-refractivity contribution in [2.75, 3.05) is 6.54 Å². The molecule has 0 bridgehead atoms. The Kier molecular flexibility index (Phi) is 6.55. The van der Waals surface area contributed by atoms with Crippen LogP contribution >= 0.6 is 11.6 Å². The summed E-state index contributed by atoms with van der Waals surface area (Å²) in [5, 5.41) is 6.94. The normalized spacial score (nSPS) is 12.8. The molecule has 4 nitrogen and oxygen atoms in total. The number of nitrogens with one attached hydrogen (secondary N) is 2. The largest absolute Gasteiger partial charge is 0.357 e. The minimum atomic E-state index is -0.199. The molecule has 1 unspecified atom stereocenters. The van der Waals surface area contributed by atoms with Gasteiger partial charge in [-0.15, -0.1) is 0 Å². The molecule has 0 saturated heterocycles. The van der Waals surface area contributed by atoms with E-state index in [0.29, 0.717) is 23.2 Å². The van der Waals surface area contributed by atoms with E-state index in [1.165, 1.54) is 0 Å². The Morgan fingerprint density at radius 3 is 2.75 bits per heavy atom. The minimum Gasteiger partial charge on any atom is -0.357 e. The Balaban J connectivity index is 2.07. The average Bonchev–Trinajstić information content (AvgIpc) is 2.56. The first-order valence-electron chi connectivity index (χ1n) is 7.91. The van der Waals surface area contributed by atoms with E-state index in [2.05, 4.69) is 20.6 Å². The van der Waals surface area contributed by atoms with Gasteiger partial charge in [-0.25, -0.2) is 14.4 Å². The third-order valence-electron chi connectivity index (χ3n) is 3.60. The molecule has 0 amide bonds. The first-order chi connectivity index (χ1) is 11.5. The molecule has 0 saturated carbocycles. The second-order valence-electron chi connectivity index (χ2n) is 5.56. The van der Waals surface area contributed by atoms with E-state index >= 15 is 0 Å². The van der Waals surface area contributed by atoms with Crippen LogP contribution in [0.15, 0.2) is 41.5 Å². The summed E-state index contributed by atoms with van der Waals surface area (Å²) in [6.45, 7) is 6.94. The zero-order valence-corrected chi connectivity index (χ0v) is 14.9. The van der Waals surface area contributed by atoms with Crippen molar-refractivity contribution in [1.29, 1.82) is 0 Å². The monoisotopic (exact) mass is 348 g/mol. The quantitative estimate of drug-likeness (QED) is 0.488. The molecule has 0 aliphatic rings. The number of pyridine rings is 1. The highest BCUT2D eigenvalue weighted by Crippen LogP contribution is 2.16. The van der Waals surface area contributed by atoms with E-state index in [9.17, 15) is 4.39 Å². The third-order valence-corrected chi connectivity index (χ3v) is 3.83. The number of nitrogens with zero attached hydrogens (tertiary/aromatic N) is 2. The Morgan fingerprint density at radius 2 is 2.12 bits per heavy atom. The van der Waals surface area contributed by atoms with Crippen molar-refractivity contribution in [3.05, 3.63) is 64.2 Å². The smallest absolute Gasteiger partial charge is 0.192 e. The molecule has 2 N–H and O–H groups in total. The maximum atomic E-state index is 13.7. The van der Waals surface area contributed by atoms with Crippen molar-refractivity contribution in [2.24, 2.45) is 4.99 Å². The third kappa shape index (κ3) is 5.20. The van der Waals surface area contributed by atoms with E-state index < -0.39 is 0 Å². The summed E-state index contributed by atoms with van der Waals surface area (Å²) >= 11 is 5.78. The van der Waals surface area contributed by atoms with Crippen molar-refractivity contribution >= 4 is 17.6 Å². The van der Waals surface area contributed by atoms with Crippen LogP contribution in [0, 0.1) is 12.7 Å². The maximum Gasteiger partial charge on any atom is 0.192 e. The van der Waals surface area contributed by atoms with Gasteiger partial charge in [-0.3, -0.25) is 0 Å². The van der Waals surface area contributed by atoms with Crippen LogP contribution in [0.4, 0.5) is 4.39 Å². The molecule has 1 aromatic heterocycles. The van der Waals surface area contributed by atoms with Gasteiger partial charge in [0.15, 0.2) is 5.96 Å². The first kappa shape index (κ1) is 18.2. The van der Waals surface area contributed by atoms with Crippen LogP contribution < -0.4 is 10.6 Å². The summed E-state index contributed by atoms with van der Waals surface area (Å²) in [6, 6.07) is 8.82. The number of halogens is 2. The summed E-state index contributed by atoms with van der Waals surface area (Å²) in [6.07, 6.45) is 1.70.